The smallest absolute Gasteiger partial charge is 0.163 e. The molecule has 0 aliphatic carbocycles. The van der Waals surface area contributed by atoms with Crippen molar-refractivity contribution >= 4 is 9.84 Å². The van der Waals surface area contributed by atoms with Gasteiger partial charge in [-0.3, -0.25) is 11.3 Å². The topological polar surface area (TPSA) is 72.2 Å². The van der Waals surface area contributed by atoms with Gasteiger partial charge in [-0.2, -0.15) is 0 Å². The second kappa shape index (κ2) is 5.29. The fourth-order valence-corrected chi connectivity index (χ4v) is 2.35. The molecule has 0 fully saturated rings. The Morgan fingerprint density at radius 3 is 2.28 bits per heavy atom. The van der Waals surface area contributed by atoms with E-state index in [1.807, 2.05) is 0 Å². The van der Waals surface area contributed by atoms with Crippen LogP contribution in [0.4, 0.5) is 8.78 Å². The Morgan fingerprint density at radius 1 is 1.28 bits per heavy atom. The van der Waals surface area contributed by atoms with Crippen molar-refractivity contribution in [3.8, 4) is 0 Å². The number of halogens is 2. The average molecular weight is 278 g/mol. The zero-order valence-electron chi connectivity index (χ0n) is 10.4. The minimum atomic E-state index is -3.43. The van der Waals surface area contributed by atoms with Gasteiger partial charge < -0.3 is 0 Å². The van der Waals surface area contributed by atoms with Gasteiger partial charge in [0, 0.05) is 11.8 Å². The summed E-state index contributed by atoms with van der Waals surface area (Å²) < 4.78 is 50.2. The number of hydrogen-bond acceptors (Lipinski definition) is 4. The first-order valence-electron chi connectivity index (χ1n) is 5.29. The van der Waals surface area contributed by atoms with E-state index in [2.05, 4.69) is 5.43 Å². The van der Waals surface area contributed by atoms with Crippen LogP contribution in [0.25, 0.3) is 0 Å². The summed E-state index contributed by atoms with van der Waals surface area (Å²) >= 11 is 0. The van der Waals surface area contributed by atoms with Crippen molar-refractivity contribution in [1.82, 2.24) is 5.43 Å². The van der Waals surface area contributed by atoms with Crippen molar-refractivity contribution in [3.63, 3.8) is 0 Å². The second-order valence-electron chi connectivity index (χ2n) is 4.28. The molecule has 1 aromatic rings. The quantitative estimate of drug-likeness (QED) is 0.641. The Morgan fingerprint density at radius 2 is 1.83 bits per heavy atom. The minimum Gasteiger partial charge on any atom is -0.271 e. The number of rotatable bonds is 4. The molecule has 0 bridgehead atoms. The third-order valence-electron chi connectivity index (χ3n) is 2.96. The van der Waals surface area contributed by atoms with Crippen LogP contribution in [0.1, 0.15) is 24.1 Å². The Kier molecular flexibility index (Phi) is 4.41. The zero-order valence-corrected chi connectivity index (χ0v) is 11.2. The van der Waals surface area contributed by atoms with Crippen LogP contribution in [0.2, 0.25) is 0 Å². The van der Waals surface area contributed by atoms with E-state index in [0.29, 0.717) is 0 Å². The lowest BCUT2D eigenvalue weighted by Crippen LogP contribution is -2.39. The number of nitrogens with two attached hydrogens (primary N) is 1. The zero-order chi connectivity index (χ0) is 14.1. The molecule has 2 unspecified atom stereocenters. The lowest BCUT2D eigenvalue weighted by atomic mass is 10.0. The number of aryl methyl sites for hydroxylation is 1. The highest BCUT2D eigenvalue weighted by atomic mass is 32.2. The summed E-state index contributed by atoms with van der Waals surface area (Å²) in [5.41, 5.74) is 2.28. The van der Waals surface area contributed by atoms with Gasteiger partial charge in [0.15, 0.2) is 21.5 Å². The standard InChI is InChI=1S/C11H16F2N2O2S/c1-6-4-5-8(10(13)9(6)12)11(15-14)7(2)18(3,16)17/h4-5,7,11,15H,14H2,1-3H3. The van der Waals surface area contributed by atoms with Crippen molar-refractivity contribution in [2.75, 3.05) is 6.26 Å². The summed E-state index contributed by atoms with van der Waals surface area (Å²) in [5.74, 6) is 3.19. The molecule has 0 radical (unpaired) electrons. The predicted octanol–water partition coefficient (Wildman–Crippen LogP) is 1.21. The van der Waals surface area contributed by atoms with E-state index < -0.39 is 32.8 Å². The maximum atomic E-state index is 13.8. The van der Waals surface area contributed by atoms with Gasteiger partial charge in [0.1, 0.15) is 0 Å². The average Bonchev–Trinajstić information content (AvgIpc) is 2.28. The Hall–Kier alpha value is -1.05. The van der Waals surface area contributed by atoms with Crippen molar-refractivity contribution in [2.45, 2.75) is 25.1 Å². The summed E-state index contributed by atoms with van der Waals surface area (Å²) in [7, 11) is -3.43. The molecule has 0 saturated heterocycles. The Labute approximate surface area is 105 Å². The molecule has 1 aromatic carbocycles. The van der Waals surface area contributed by atoms with Gasteiger partial charge in [-0.15, -0.1) is 0 Å². The van der Waals surface area contributed by atoms with Crippen molar-refractivity contribution in [1.29, 1.82) is 0 Å². The van der Waals surface area contributed by atoms with Crippen molar-refractivity contribution in [3.05, 3.63) is 34.9 Å². The maximum absolute atomic E-state index is 13.8. The molecule has 0 aliphatic rings. The van der Waals surface area contributed by atoms with Gasteiger partial charge in [0.25, 0.3) is 0 Å². The third kappa shape index (κ3) is 2.85. The van der Waals surface area contributed by atoms with Gasteiger partial charge in [0.2, 0.25) is 0 Å². The molecule has 0 aliphatic heterocycles. The Bertz CT molecular complexity index is 546. The number of sulfone groups is 1. The molecule has 7 heteroatoms. The molecular formula is C11H16F2N2O2S. The summed E-state index contributed by atoms with van der Waals surface area (Å²) in [6, 6.07) is 1.71. The highest BCUT2D eigenvalue weighted by Gasteiger charge is 2.29. The fourth-order valence-electron chi connectivity index (χ4n) is 1.63. The van der Waals surface area contributed by atoms with E-state index in [0.717, 1.165) is 6.26 Å². The lowest BCUT2D eigenvalue weighted by Gasteiger charge is -2.23. The number of hydrazine groups is 1. The first-order valence-corrected chi connectivity index (χ1v) is 7.25. The molecule has 3 N–H and O–H groups in total. The van der Waals surface area contributed by atoms with E-state index in [1.54, 1.807) is 0 Å². The molecule has 0 amide bonds. The van der Waals surface area contributed by atoms with Crippen LogP contribution in [0.5, 0.6) is 0 Å². The lowest BCUT2D eigenvalue weighted by molar-refractivity contribution is 0.453. The van der Waals surface area contributed by atoms with Gasteiger partial charge >= 0.3 is 0 Å². The summed E-state index contributed by atoms with van der Waals surface area (Å²) in [6.07, 6.45) is 1.02. The predicted molar refractivity (Wildman–Crippen MR) is 65.5 cm³/mol. The van der Waals surface area contributed by atoms with Gasteiger partial charge in [0.05, 0.1) is 11.3 Å². The van der Waals surface area contributed by atoms with Crippen LogP contribution in [0, 0.1) is 18.6 Å². The molecule has 0 saturated carbocycles. The number of hydrogen-bond donors (Lipinski definition) is 2. The van der Waals surface area contributed by atoms with E-state index in [4.69, 9.17) is 5.84 Å². The van der Waals surface area contributed by atoms with Crippen LogP contribution >= 0.6 is 0 Å². The van der Waals surface area contributed by atoms with Crippen LogP contribution in [0.15, 0.2) is 12.1 Å². The largest absolute Gasteiger partial charge is 0.271 e. The molecule has 1 rings (SSSR count). The molecule has 0 heterocycles. The SMILES string of the molecule is Cc1ccc(C(NN)C(C)S(C)(=O)=O)c(F)c1F. The summed E-state index contributed by atoms with van der Waals surface area (Å²) in [6.45, 7) is 2.81. The minimum absolute atomic E-state index is 0.0986. The first-order chi connectivity index (χ1) is 8.20. The monoisotopic (exact) mass is 278 g/mol. The van der Waals surface area contributed by atoms with Crippen LogP contribution in [-0.4, -0.2) is 19.9 Å². The molecule has 4 nitrogen and oxygen atoms in total. The molecule has 0 spiro atoms. The van der Waals surface area contributed by atoms with Crippen molar-refractivity contribution in [2.24, 2.45) is 5.84 Å². The Balaban J connectivity index is 3.31. The van der Waals surface area contributed by atoms with E-state index in [1.165, 1.54) is 26.0 Å². The molecule has 102 valence electrons. The first kappa shape index (κ1) is 15.0. The number of nitrogens with one attached hydrogen (secondary N) is 1. The van der Waals surface area contributed by atoms with E-state index in [-0.39, 0.29) is 11.1 Å². The van der Waals surface area contributed by atoms with E-state index in [9.17, 15) is 17.2 Å². The second-order valence-corrected chi connectivity index (χ2v) is 6.68. The third-order valence-corrected chi connectivity index (χ3v) is 4.59. The van der Waals surface area contributed by atoms with E-state index >= 15 is 0 Å². The highest BCUT2D eigenvalue weighted by molar-refractivity contribution is 7.91. The van der Waals surface area contributed by atoms with Gasteiger partial charge in [-0.05, 0) is 19.4 Å². The van der Waals surface area contributed by atoms with Gasteiger partial charge in [-0.1, -0.05) is 12.1 Å². The fraction of sp³-hybridized carbons (Fsp3) is 0.455. The van der Waals surface area contributed by atoms with Crippen molar-refractivity contribution < 1.29 is 17.2 Å². The molecular weight excluding hydrogens is 262 g/mol. The summed E-state index contributed by atoms with van der Waals surface area (Å²) in [5, 5.41) is -0.973. The summed E-state index contributed by atoms with van der Waals surface area (Å²) in [4.78, 5) is 0. The molecule has 18 heavy (non-hydrogen) atoms. The normalized spacial score (nSPS) is 15.4. The highest BCUT2D eigenvalue weighted by Crippen LogP contribution is 2.26. The molecule has 0 aromatic heterocycles. The van der Waals surface area contributed by atoms with Gasteiger partial charge in [-0.25, -0.2) is 17.2 Å². The number of benzene rings is 1. The maximum Gasteiger partial charge on any atom is 0.163 e. The van der Waals surface area contributed by atoms with Crippen LogP contribution in [0.3, 0.4) is 0 Å². The van der Waals surface area contributed by atoms with Crippen LogP contribution in [-0.2, 0) is 9.84 Å². The van der Waals surface area contributed by atoms with Crippen LogP contribution < -0.4 is 11.3 Å². The molecule has 2 atom stereocenters.